The third kappa shape index (κ3) is 2.96. The van der Waals surface area contributed by atoms with Gasteiger partial charge in [0.25, 0.3) is 0 Å². The van der Waals surface area contributed by atoms with Crippen LogP contribution in [0.2, 0.25) is 0 Å². The molecule has 8 heteroatoms. The van der Waals surface area contributed by atoms with Crippen LogP contribution in [0.4, 0.5) is 17.5 Å². The Morgan fingerprint density at radius 1 is 1.46 bits per heavy atom. The van der Waals surface area contributed by atoms with Crippen LogP contribution in [0.1, 0.15) is 43.8 Å². The molecule has 2 N–H and O–H groups in total. The zero-order valence-electron chi connectivity index (χ0n) is 13.3. The van der Waals surface area contributed by atoms with Gasteiger partial charge in [-0.2, -0.15) is 15.3 Å². The van der Waals surface area contributed by atoms with Crippen molar-refractivity contribution >= 4 is 33.4 Å². The molecule has 0 aliphatic heterocycles. The van der Waals surface area contributed by atoms with Gasteiger partial charge in [-0.05, 0) is 42.1 Å². The van der Waals surface area contributed by atoms with E-state index in [0.717, 1.165) is 34.6 Å². The third-order valence-electron chi connectivity index (χ3n) is 4.32. The molecule has 2 atom stereocenters. The Kier molecular flexibility index (Phi) is 3.88. The molecule has 0 bridgehead atoms. The number of aromatic nitrogens is 4. The van der Waals surface area contributed by atoms with Crippen molar-refractivity contribution in [1.82, 2.24) is 19.7 Å². The molecule has 2 aromatic rings. The molecule has 2 fully saturated rings. The second kappa shape index (κ2) is 6.06. The first-order valence-electron chi connectivity index (χ1n) is 8.21. The van der Waals surface area contributed by atoms with Crippen LogP contribution in [0.5, 0.6) is 0 Å². The molecule has 2 aliphatic rings. The summed E-state index contributed by atoms with van der Waals surface area (Å²) in [4.78, 5) is 8.85. The van der Waals surface area contributed by atoms with Crippen molar-refractivity contribution in [3.05, 3.63) is 22.6 Å². The van der Waals surface area contributed by atoms with E-state index in [2.05, 4.69) is 42.6 Å². The number of halogens is 1. The highest BCUT2D eigenvalue weighted by Crippen LogP contribution is 2.47. The predicted molar refractivity (Wildman–Crippen MR) is 94.1 cm³/mol. The van der Waals surface area contributed by atoms with Crippen LogP contribution in [0.15, 0.2) is 16.9 Å². The summed E-state index contributed by atoms with van der Waals surface area (Å²) in [7, 11) is 0. The zero-order valence-corrected chi connectivity index (χ0v) is 14.9. The quantitative estimate of drug-likeness (QED) is 0.786. The molecule has 0 amide bonds. The molecular formula is C16H18BrN7. The summed E-state index contributed by atoms with van der Waals surface area (Å²) in [6.45, 7) is 2.82. The number of hydrogen-bond donors (Lipinski definition) is 2. The number of nitriles is 1. The molecule has 4 rings (SSSR count). The molecule has 7 nitrogen and oxygen atoms in total. The smallest absolute Gasteiger partial charge is 0.229 e. The Bertz CT molecular complexity index is 805. The summed E-state index contributed by atoms with van der Waals surface area (Å²) < 4.78 is 2.77. The van der Waals surface area contributed by atoms with Gasteiger partial charge in [-0.15, -0.1) is 0 Å². The molecule has 124 valence electrons. The number of anilines is 3. The van der Waals surface area contributed by atoms with E-state index in [1.54, 1.807) is 6.20 Å². The van der Waals surface area contributed by atoms with Crippen molar-refractivity contribution < 1.29 is 0 Å². The molecule has 0 saturated heterocycles. The minimum absolute atomic E-state index is 0.0918. The summed E-state index contributed by atoms with van der Waals surface area (Å²) >= 11 is 3.45. The van der Waals surface area contributed by atoms with Gasteiger partial charge in [0.15, 0.2) is 0 Å². The molecule has 2 saturated carbocycles. The average Bonchev–Trinajstić information content (AvgIpc) is 3.49. The fourth-order valence-electron chi connectivity index (χ4n) is 2.78. The molecular weight excluding hydrogens is 370 g/mol. The predicted octanol–water partition coefficient (Wildman–Crippen LogP) is 3.57. The zero-order chi connectivity index (χ0) is 16.7. The monoisotopic (exact) mass is 387 g/mol. The summed E-state index contributed by atoms with van der Waals surface area (Å²) in [6, 6.07) is 2.53. The van der Waals surface area contributed by atoms with E-state index in [4.69, 9.17) is 10.4 Å². The Hall–Kier alpha value is -2.14. The lowest BCUT2D eigenvalue weighted by atomic mass is 10.2. The molecule has 0 spiro atoms. The Morgan fingerprint density at radius 3 is 2.96 bits per heavy atom. The Morgan fingerprint density at radius 2 is 2.29 bits per heavy atom. The van der Waals surface area contributed by atoms with Crippen molar-refractivity contribution in [2.45, 2.75) is 38.1 Å². The van der Waals surface area contributed by atoms with Crippen LogP contribution in [0, 0.1) is 17.2 Å². The highest BCUT2D eigenvalue weighted by molar-refractivity contribution is 9.10. The van der Waals surface area contributed by atoms with E-state index in [1.807, 2.05) is 17.8 Å². The maximum Gasteiger partial charge on any atom is 0.229 e. The van der Waals surface area contributed by atoms with Crippen LogP contribution in [-0.2, 0) is 0 Å². The average molecular weight is 388 g/mol. The number of rotatable bonds is 6. The number of nitrogens with zero attached hydrogens (tertiary/aromatic N) is 5. The second-order valence-electron chi connectivity index (χ2n) is 6.27. The van der Waals surface area contributed by atoms with E-state index in [-0.39, 0.29) is 12.0 Å². The molecule has 24 heavy (non-hydrogen) atoms. The fraction of sp³-hybridized carbons (Fsp3) is 0.500. The molecule has 2 aliphatic carbocycles. The van der Waals surface area contributed by atoms with Gasteiger partial charge in [0.1, 0.15) is 5.82 Å². The van der Waals surface area contributed by atoms with Crippen LogP contribution in [-0.4, -0.2) is 26.3 Å². The number of hydrogen-bond acceptors (Lipinski definition) is 6. The van der Waals surface area contributed by atoms with Crippen molar-refractivity contribution in [3.63, 3.8) is 0 Å². The van der Waals surface area contributed by atoms with Crippen molar-refractivity contribution in [1.29, 1.82) is 5.26 Å². The maximum atomic E-state index is 9.04. The van der Waals surface area contributed by atoms with Gasteiger partial charge in [0.05, 0.1) is 33.9 Å². The van der Waals surface area contributed by atoms with Gasteiger partial charge < -0.3 is 10.6 Å². The maximum absolute atomic E-state index is 9.04. The van der Waals surface area contributed by atoms with Gasteiger partial charge in [0, 0.05) is 24.9 Å². The fourth-order valence-corrected chi connectivity index (χ4v) is 3.11. The third-order valence-corrected chi connectivity index (χ3v) is 4.90. The standard InChI is InChI=1S/C16H18BrN7/c1-2-19-15-11(17)7-20-16(22-15)21-12-8-24(13-5-10(13)6-18)23-14(12)9-3-4-9/h7-10,13H,2-5H2,1H3,(H2,19,20,21,22)/t10-,13-/m1/s1. The minimum Gasteiger partial charge on any atom is -0.369 e. The largest absolute Gasteiger partial charge is 0.369 e. The van der Waals surface area contributed by atoms with E-state index >= 15 is 0 Å². The van der Waals surface area contributed by atoms with Crippen LogP contribution in [0.25, 0.3) is 0 Å². The molecule has 2 aromatic heterocycles. The van der Waals surface area contributed by atoms with Gasteiger partial charge in [-0.1, -0.05) is 0 Å². The van der Waals surface area contributed by atoms with Gasteiger partial charge in [-0.3, -0.25) is 4.68 Å². The first-order valence-corrected chi connectivity index (χ1v) is 9.01. The van der Waals surface area contributed by atoms with E-state index in [9.17, 15) is 0 Å². The lowest BCUT2D eigenvalue weighted by Crippen LogP contribution is -2.04. The topological polar surface area (TPSA) is 91.5 Å². The molecule has 0 unspecified atom stereocenters. The van der Waals surface area contributed by atoms with Crippen LogP contribution < -0.4 is 10.6 Å². The van der Waals surface area contributed by atoms with Crippen LogP contribution in [0.3, 0.4) is 0 Å². The second-order valence-corrected chi connectivity index (χ2v) is 7.12. The summed E-state index contributed by atoms with van der Waals surface area (Å²) in [6.07, 6.45) is 6.96. The van der Waals surface area contributed by atoms with E-state index < -0.39 is 0 Å². The Labute approximate surface area is 148 Å². The highest BCUT2D eigenvalue weighted by Gasteiger charge is 2.41. The first-order chi connectivity index (χ1) is 11.7. The normalized spacial score (nSPS) is 22.0. The van der Waals surface area contributed by atoms with E-state index in [1.165, 1.54) is 12.8 Å². The van der Waals surface area contributed by atoms with Crippen LogP contribution >= 0.6 is 15.9 Å². The highest BCUT2D eigenvalue weighted by atomic mass is 79.9. The Balaban J connectivity index is 1.60. The summed E-state index contributed by atoms with van der Waals surface area (Å²) in [5.41, 5.74) is 2.01. The van der Waals surface area contributed by atoms with Gasteiger partial charge >= 0.3 is 0 Å². The van der Waals surface area contributed by atoms with E-state index in [0.29, 0.717) is 11.9 Å². The molecule has 0 radical (unpaired) electrons. The SMILES string of the molecule is CCNc1nc(Nc2cn([C@@H]3C[C@@H]3C#N)nc2C2CC2)ncc1Br. The van der Waals surface area contributed by atoms with Crippen molar-refractivity contribution in [3.8, 4) is 6.07 Å². The summed E-state index contributed by atoms with van der Waals surface area (Å²) in [5.74, 6) is 1.91. The van der Waals surface area contributed by atoms with Crippen molar-refractivity contribution in [2.24, 2.45) is 5.92 Å². The van der Waals surface area contributed by atoms with Crippen molar-refractivity contribution in [2.75, 3.05) is 17.2 Å². The lowest BCUT2D eigenvalue weighted by molar-refractivity contribution is 0.611. The minimum atomic E-state index is 0.0918. The van der Waals surface area contributed by atoms with Gasteiger partial charge in [-0.25, -0.2) is 4.98 Å². The lowest BCUT2D eigenvalue weighted by Gasteiger charge is -2.08. The summed E-state index contributed by atoms with van der Waals surface area (Å²) in [5, 5.41) is 20.3. The molecule has 2 heterocycles. The molecule has 0 aromatic carbocycles. The first kappa shape index (κ1) is 15.4. The van der Waals surface area contributed by atoms with Gasteiger partial charge in [0.2, 0.25) is 5.95 Å². The number of nitrogens with one attached hydrogen (secondary N) is 2.